The van der Waals surface area contributed by atoms with Crippen molar-refractivity contribution in [3.63, 3.8) is 0 Å². The lowest BCUT2D eigenvalue weighted by molar-refractivity contribution is -0.134. The third-order valence-corrected chi connectivity index (χ3v) is 1.70. The van der Waals surface area contributed by atoms with Crippen LogP contribution in [-0.2, 0) is 9.53 Å². The number of methoxy groups -OCH3 is 1. The van der Waals surface area contributed by atoms with E-state index in [0.717, 1.165) is 19.3 Å². The highest BCUT2D eigenvalue weighted by Gasteiger charge is 1.86. The number of esters is 1. The molecule has 0 aromatic heterocycles. The number of allylic oxidation sites excluding steroid dienone is 3. The first-order valence-corrected chi connectivity index (χ1v) is 4.82. The number of hydrogen-bond donors (Lipinski definition) is 0. The molecule has 0 unspecified atom stereocenters. The molecule has 0 saturated carbocycles. The van der Waals surface area contributed by atoms with Crippen LogP contribution >= 0.6 is 11.6 Å². The number of unbranched alkanes of at least 4 members (excludes halogenated alkanes) is 2. The number of hydrogen-bond acceptors (Lipinski definition) is 2. The summed E-state index contributed by atoms with van der Waals surface area (Å²) in [6.45, 7) is 0. The van der Waals surface area contributed by atoms with Gasteiger partial charge in [-0.3, -0.25) is 0 Å². The molecule has 0 heterocycles. The average Bonchev–Trinajstić information content (AvgIpc) is 2.16. The third kappa shape index (κ3) is 9.15. The van der Waals surface area contributed by atoms with Gasteiger partial charge in [0.1, 0.15) is 0 Å². The first-order chi connectivity index (χ1) is 6.31. The van der Waals surface area contributed by atoms with E-state index in [9.17, 15) is 4.79 Å². The predicted octanol–water partition coefficient (Wildman–Crippen LogP) is 2.68. The van der Waals surface area contributed by atoms with E-state index >= 15 is 0 Å². The van der Waals surface area contributed by atoms with Gasteiger partial charge in [-0.1, -0.05) is 18.2 Å². The summed E-state index contributed by atoms with van der Waals surface area (Å²) in [5.41, 5.74) is 0. The number of alkyl halides is 1. The quantitative estimate of drug-likeness (QED) is 0.218. The van der Waals surface area contributed by atoms with Crippen LogP contribution in [0.5, 0.6) is 0 Å². The lowest BCUT2D eigenvalue weighted by Gasteiger charge is -1.89. The lowest BCUT2D eigenvalue weighted by atomic mass is 10.2. The highest BCUT2D eigenvalue weighted by Crippen LogP contribution is 1.98. The zero-order valence-corrected chi connectivity index (χ0v) is 8.59. The summed E-state index contributed by atoms with van der Waals surface area (Å²) in [6, 6.07) is 0. The van der Waals surface area contributed by atoms with Crippen LogP contribution in [0, 0.1) is 0 Å². The van der Waals surface area contributed by atoms with E-state index in [1.807, 2.05) is 12.2 Å². The van der Waals surface area contributed by atoms with Crippen molar-refractivity contribution in [2.45, 2.75) is 19.3 Å². The van der Waals surface area contributed by atoms with Crippen LogP contribution < -0.4 is 0 Å². The summed E-state index contributed by atoms with van der Waals surface area (Å²) in [7, 11) is 1.36. The van der Waals surface area contributed by atoms with Crippen LogP contribution in [0.25, 0.3) is 0 Å². The van der Waals surface area contributed by atoms with E-state index < -0.39 is 0 Å². The molecule has 0 aromatic rings. The Hall–Kier alpha value is -0.760. The van der Waals surface area contributed by atoms with Gasteiger partial charge in [-0.25, -0.2) is 4.79 Å². The standard InChI is InChI=1S/C10H15ClO2/c1-13-10(12)8-6-4-2-3-5-7-9-11/h2,4,6,8H,3,5,7,9H2,1H3/b4-2+,8-6+. The monoisotopic (exact) mass is 202 g/mol. The second-order valence-corrected chi connectivity index (χ2v) is 2.87. The third-order valence-electron chi connectivity index (χ3n) is 1.44. The molecule has 0 atom stereocenters. The van der Waals surface area contributed by atoms with Gasteiger partial charge in [0, 0.05) is 12.0 Å². The minimum atomic E-state index is -0.328. The molecule has 0 aromatic carbocycles. The lowest BCUT2D eigenvalue weighted by Crippen LogP contribution is -1.92. The van der Waals surface area contributed by atoms with Gasteiger partial charge in [0.05, 0.1) is 7.11 Å². The van der Waals surface area contributed by atoms with Crippen LogP contribution in [0.15, 0.2) is 24.3 Å². The second kappa shape index (κ2) is 9.33. The molecular weight excluding hydrogens is 188 g/mol. The van der Waals surface area contributed by atoms with E-state index in [1.165, 1.54) is 13.2 Å². The zero-order chi connectivity index (χ0) is 9.94. The maximum atomic E-state index is 10.6. The molecule has 0 fully saturated rings. The maximum absolute atomic E-state index is 10.6. The SMILES string of the molecule is COC(=O)/C=C/C=C/CCCCCl. The van der Waals surface area contributed by atoms with E-state index in [-0.39, 0.29) is 5.97 Å². The molecule has 0 rings (SSSR count). The summed E-state index contributed by atoms with van der Waals surface area (Å²) >= 11 is 5.50. The summed E-state index contributed by atoms with van der Waals surface area (Å²) < 4.78 is 4.42. The van der Waals surface area contributed by atoms with Crippen LogP contribution in [0.4, 0.5) is 0 Å². The van der Waals surface area contributed by atoms with E-state index in [4.69, 9.17) is 11.6 Å². The molecule has 0 spiro atoms. The summed E-state index contributed by atoms with van der Waals surface area (Å²) in [5.74, 6) is 0.386. The number of carbonyl (C=O) groups is 1. The first kappa shape index (κ1) is 12.2. The van der Waals surface area contributed by atoms with Gasteiger partial charge in [0.2, 0.25) is 0 Å². The van der Waals surface area contributed by atoms with Crippen molar-refractivity contribution in [3.05, 3.63) is 24.3 Å². The van der Waals surface area contributed by atoms with Crippen LogP contribution in [0.1, 0.15) is 19.3 Å². The number of ether oxygens (including phenoxy) is 1. The van der Waals surface area contributed by atoms with E-state index in [2.05, 4.69) is 4.74 Å². The van der Waals surface area contributed by atoms with Crippen LogP contribution in [0.3, 0.4) is 0 Å². The molecule has 0 aliphatic carbocycles. The molecule has 0 saturated heterocycles. The van der Waals surface area contributed by atoms with E-state index in [1.54, 1.807) is 6.08 Å². The molecule has 2 nitrogen and oxygen atoms in total. The van der Waals surface area contributed by atoms with Crippen molar-refractivity contribution in [1.29, 1.82) is 0 Å². The van der Waals surface area contributed by atoms with Crippen molar-refractivity contribution in [2.75, 3.05) is 13.0 Å². The molecule has 0 aliphatic rings. The molecule has 0 bridgehead atoms. The average molecular weight is 203 g/mol. The molecule has 3 heteroatoms. The molecular formula is C10H15ClO2. The van der Waals surface area contributed by atoms with Gasteiger partial charge in [-0.2, -0.15) is 0 Å². The number of carbonyl (C=O) groups excluding carboxylic acids is 1. The molecule has 0 aliphatic heterocycles. The Labute approximate surface area is 84.2 Å². The number of rotatable bonds is 6. The Morgan fingerprint density at radius 2 is 2.15 bits per heavy atom. The Morgan fingerprint density at radius 3 is 2.77 bits per heavy atom. The highest BCUT2D eigenvalue weighted by molar-refractivity contribution is 6.17. The minimum absolute atomic E-state index is 0.328. The molecule has 0 radical (unpaired) electrons. The molecule has 13 heavy (non-hydrogen) atoms. The zero-order valence-electron chi connectivity index (χ0n) is 7.83. The van der Waals surface area contributed by atoms with Gasteiger partial charge >= 0.3 is 5.97 Å². The summed E-state index contributed by atoms with van der Waals surface area (Å²) in [4.78, 5) is 10.6. The fraction of sp³-hybridized carbons (Fsp3) is 0.500. The van der Waals surface area contributed by atoms with Crippen LogP contribution in [-0.4, -0.2) is 19.0 Å². The normalized spacial score (nSPS) is 11.2. The van der Waals surface area contributed by atoms with Crippen molar-refractivity contribution in [3.8, 4) is 0 Å². The number of halogens is 1. The highest BCUT2D eigenvalue weighted by atomic mass is 35.5. The van der Waals surface area contributed by atoms with Crippen molar-refractivity contribution >= 4 is 17.6 Å². The fourth-order valence-corrected chi connectivity index (χ4v) is 0.923. The fourth-order valence-electron chi connectivity index (χ4n) is 0.734. The Morgan fingerprint density at radius 1 is 1.38 bits per heavy atom. The second-order valence-electron chi connectivity index (χ2n) is 2.50. The predicted molar refractivity (Wildman–Crippen MR) is 54.9 cm³/mol. The van der Waals surface area contributed by atoms with Crippen molar-refractivity contribution in [1.82, 2.24) is 0 Å². The van der Waals surface area contributed by atoms with Gasteiger partial charge in [0.25, 0.3) is 0 Å². The largest absolute Gasteiger partial charge is 0.466 e. The maximum Gasteiger partial charge on any atom is 0.330 e. The van der Waals surface area contributed by atoms with Gasteiger partial charge < -0.3 is 4.74 Å². The topological polar surface area (TPSA) is 26.3 Å². The van der Waals surface area contributed by atoms with E-state index in [0.29, 0.717) is 5.88 Å². The van der Waals surface area contributed by atoms with Gasteiger partial charge in [-0.05, 0) is 19.3 Å². The minimum Gasteiger partial charge on any atom is -0.466 e. The van der Waals surface area contributed by atoms with Crippen LogP contribution in [0.2, 0.25) is 0 Å². The van der Waals surface area contributed by atoms with Crippen molar-refractivity contribution in [2.24, 2.45) is 0 Å². The van der Waals surface area contributed by atoms with Gasteiger partial charge in [-0.15, -0.1) is 11.6 Å². The molecule has 0 amide bonds. The molecule has 0 N–H and O–H groups in total. The van der Waals surface area contributed by atoms with Gasteiger partial charge in [0.15, 0.2) is 0 Å². The first-order valence-electron chi connectivity index (χ1n) is 4.28. The van der Waals surface area contributed by atoms with Crippen molar-refractivity contribution < 1.29 is 9.53 Å². The molecule has 74 valence electrons. The summed E-state index contributed by atoms with van der Waals surface area (Å²) in [5, 5.41) is 0. The Balaban J connectivity index is 3.40. The Kier molecular flexibility index (Phi) is 8.78. The summed E-state index contributed by atoms with van der Waals surface area (Å²) in [6.07, 6.45) is 10.0. The Bertz CT molecular complexity index is 185. The smallest absolute Gasteiger partial charge is 0.330 e.